The van der Waals surface area contributed by atoms with Crippen molar-refractivity contribution in [1.29, 1.82) is 0 Å². The molecule has 140 valence electrons. The molecule has 3 nitrogen and oxygen atoms in total. The Labute approximate surface area is 181 Å². The fraction of sp³-hybridized carbons (Fsp3) is 0.208. The maximum atomic E-state index is 2.50. The van der Waals surface area contributed by atoms with E-state index in [1.807, 2.05) is 0 Å². The van der Waals surface area contributed by atoms with Gasteiger partial charge in [0.05, 0.1) is 0 Å². The Morgan fingerprint density at radius 1 is 0.821 bits per heavy atom. The predicted molar refractivity (Wildman–Crippen MR) is 112 cm³/mol. The van der Waals surface area contributed by atoms with E-state index >= 15 is 0 Å². The second kappa shape index (κ2) is 6.62. The van der Waals surface area contributed by atoms with Crippen LogP contribution in [-0.2, 0) is 0 Å². The molecule has 1 saturated heterocycles. The van der Waals surface area contributed by atoms with Crippen LogP contribution in [0.1, 0.15) is 18.4 Å². The number of fused-ring (bicyclic) bond motifs is 7. The van der Waals surface area contributed by atoms with Gasteiger partial charge in [-0.1, -0.05) is 12.1 Å². The molecule has 0 atom stereocenters. The highest BCUT2D eigenvalue weighted by Crippen LogP contribution is 2.27. The van der Waals surface area contributed by atoms with Gasteiger partial charge in [0.2, 0.25) is 0 Å². The lowest BCUT2D eigenvalue weighted by Crippen LogP contribution is -3.00. The van der Waals surface area contributed by atoms with Gasteiger partial charge in [-0.05, 0) is 67.8 Å². The van der Waals surface area contributed by atoms with Gasteiger partial charge in [-0.15, -0.1) is 0 Å². The van der Waals surface area contributed by atoms with Crippen molar-refractivity contribution in [3.8, 4) is 0 Å². The molecule has 0 aliphatic carbocycles. The molecule has 0 saturated carbocycles. The fourth-order valence-electron chi connectivity index (χ4n) is 4.62. The van der Waals surface area contributed by atoms with Crippen LogP contribution >= 0.6 is 0 Å². The summed E-state index contributed by atoms with van der Waals surface area (Å²) in [5, 5.41) is 2.57. The SMILES string of the molecule is Cc1ccc2ccc3n4c(ccc5cc(N6CCCC6)ccc54)c[n+]3c2c1.[I-]. The number of nitrogens with zero attached hydrogens (tertiary/aromatic N) is 3. The van der Waals surface area contributed by atoms with Crippen LogP contribution in [0.25, 0.3) is 33.0 Å². The van der Waals surface area contributed by atoms with Crippen molar-refractivity contribution >= 4 is 38.7 Å². The van der Waals surface area contributed by atoms with E-state index < -0.39 is 0 Å². The van der Waals surface area contributed by atoms with Crippen molar-refractivity contribution in [2.24, 2.45) is 0 Å². The van der Waals surface area contributed by atoms with E-state index in [-0.39, 0.29) is 24.0 Å². The number of hydrogen-bond donors (Lipinski definition) is 0. The summed E-state index contributed by atoms with van der Waals surface area (Å²) >= 11 is 0. The number of imidazole rings is 1. The maximum Gasteiger partial charge on any atom is 0.292 e. The Hall–Kier alpha value is -2.34. The summed E-state index contributed by atoms with van der Waals surface area (Å²) in [5.74, 6) is 0. The third-order valence-corrected chi connectivity index (χ3v) is 6.01. The molecule has 6 rings (SSSR count). The molecule has 1 aliphatic heterocycles. The lowest BCUT2D eigenvalue weighted by atomic mass is 10.1. The second-order valence-corrected chi connectivity index (χ2v) is 7.78. The van der Waals surface area contributed by atoms with Gasteiger partial charge in [0.15, 0.2) is 5.52 Å². The summed E-state index contributed by atoms with van der Waals surface area (Å²) in [6.07, 6.45) is 4.87. The van der Waals surface area contributed by atoms with E-state index in [0.717, 1.165) is 0 Å². The van der Waals surface area contributed by atoms with Gasteiger partial charge >= 0.3 is 0 Å². The van der Waals surface area contributed by atoms with E-state index in [1.165, 1.54) is 70.2 Å². The smallest absolute Gasteiger partial charge is 0.292 e. The molecule has 5 aromatic rings. The Morgan fingerprint density at radius 2 is 1.61 bits per heavy atom. The zero-order valence-corrected chi connectivity index (χ0v) is 18.1. The van der Waals surface area contributed by atoms with Crippen LogP contribution in [0, 0.1) is 6.92 Å². The molecule has 1 aliphatic rings. The minimum atomic E-state index is 0. The number of aromatic nitrogens is 2. The molecular formula is C24H22IN3. The van der Waals surface area contributed by atoms with Gasteiger partial charge in [-0.3, -0.25) is 0 Å². The van der Waals surface area contributed by atoms with Crippen LogP contribution in [0.4, 0.5) is 5.69 Å². The largest absolute Gasteiger partial charge is 1.00 e. The molecule has 0 spiro atoms. The third kappa shape index (κ3) is 2.58. The highest BCUT2D eigenvalue weighted by atomic mass is 127. The molecule has 0 bridgehead atoms. The first-order chi connectivity index (χ1) is 13.3. The van der Waals surface area contributed by atoms with Crippen molar-refractivity contribution < 1.29 is 28.4 Å². The summed E-state index contributed by atoms with van der Waals surface area (Å²) < 4.78 is 4.70. The second-order valence-electron chi connectivity index (χ2n) is 7.78. The maximum absolute atomic E-state index is 2.50. The summed E-state index contributed by atoms with van der Waals surface area (Å²) in [4.78, 5) is 2.50. The monoisotopic (exact) mass is 479 g/mol. The quantitative estimate of drug-likeness (QED) is 0.264. The molecule has 4 heterocycles. The van der Waals surface area contributed by atoms with Crippen LogP contribution < -0.4 is 33.3 Å². The molecule has 1 fully saturated rings. The van der Waals surface area contributed by atoms with Gasteiger partial charge in [-0.25, -0.2) is 0 Å². The van der Waals surface area contributed by atoms with Gasteiger partial charge in [0, 0.05) is 35.6 Å². The number of aryl methyl sites for hydroxylation is 1. The van der Waals surface area contributed by atoms with E-state index in [9.17, 15) is 0 Å². The fourth-order valence-corrected chi connectivity index (χ4v) is 4.62. The van der Waals surface area contributed by atoms with Crippen molar-refractivity contribution in [2.45, 2.75) is 19.8 Å². The van der Waals surface area contributed by atoms with Gasteiger partial charge in [-0.2, -0.15) is 8.80 Å². The molecule has 0 N–H and O–H groups in total. The molecule has 3 aromatic heterocycles. The van der Waals surface area contributed by atoms with Crippen LogP contribution in [0.5, 0.6) is 0 Å². The molecule has 2 aromatic carbocycles. The average molecular weight is 479 g/mol. The van der Waals surface area contributed by atoms with E-state index in [0.29, 0.717) is 0 Å². The third-order valence-electron chi connectivity index (χ3n) is 6.01. The highest BCUT2D eigenvalue weighted by molar-refractivity contribution is 5.88. The number of hydrogen-bond acceptors (Lipinski definition) is 1. The molecule has 4 heteroatoms. The lowest BCUT2D eigenvalue weighted by molar-refractivity contribution is -0.479. The van der Waals surface area contributed by atoms with Gasteiger partial charge in [0.25, 0.3) is 5.65 Å². The first kappa shape index (κ1) is 17.7. The standard InChI is InChI=1S/C24H22N3.HI/c1-17-4-5-18-7-11-24-26(23(18)14-17)16-21-8-6-19-15-20(25-12-2-3-13-25)9-10-22(19)27(21)24;/h4-11,14-16H,2-3,12-13H2,1H3;1H/q+1;/p-1. The topological polar surface area (TPSA) is 11.8 Å². The zero-order valence-electron chi connectivity index (χ0n) is 15.9. The molecule has 0 radical (unpaired) electrons. The van der Waals surface area contributed by atoms with Crippen molar-refractivity contribution in [1.82, 2.24) is 4.40 Å². The summed E-state index contributed by atoms with van der Waals surface area (Å²) in [6, 6.07) is 22.6. The Balaban J connectivity index is 0.00000171. The Bertz CT molecular complexity index is 1350. The Kier molecular flexibility index (Phi) is 4.19. The summed E-state index contributed by atoms with van der Waals surface area (Å²) in [6.45, 7) is 4.52. The minimum Gasteiger partial charge on any atom is -1.00 e. The van der Waals surface area contributed by atoms with Gasteiger partial charge in [0.1, 0.15) is 17.2 Å². The first-order valence-electron chi connectivity index (χ1n) is 9.82. The number of rotatable bonds is 1. The van der Waals surface area contributed by atoms with Crippen LogP contribution in [0.3, 0.4) is 0 Å². The number of halogens is 1. The number of pyridine rings is 2. The Morgan fingerprint density at radius 3 is 2.46 bits per heavy atom. The lowest BCUT2D eigenvalue weighted by Gasteiger charge is -2.17. The van der Waals surface area contributed by atoms with Crippen molar-refractivity contribution in [3.63, 3.8) is 0 Å². The number of benzene rings is 2. The van der Waals surface area contributed by atoms with Crippen molar-refractivity contribution in [2.75, 3.05) is 18.0 Å². The summed E-state index contributed by atoms with van der Waals surface area (Å²) in [5.41, 5.74) is 7.61. The van der Waals surface area contributed by atoms with Crippen LogP contribution in [0.2, 0.25) is 0 Å². The predicted octanol–water partition coefficient (Wildman–Crippen LogP) is 1.90. The van der Waals surface area contributed by atoms with E-state index in [1.54, 1.807) is 0 Å². The minimum absolute atomic E-state index is 0. The van der Waals surface area contributed by atoms with Crippen LogP contribution in [-0.4, -0.2) is 17.5 Å². The van der Waals surface area contributed by atoms with E-state index in [2.05, 4.69) is 87.5 Å². The van der Waals surface area contributed by atoms with Crippen molar-refractivity contribution in [3.05, 3.63) is 72.4 Å². The molecule has 28 heavy (non-hydrogen) atoms. The molecule has 0 unspecified atom stereocenters. The van der Waals surface area contributed by atoms with E-state index in [4.69, 9.17) is 0 Å². The average Bonchev–Trinajstić information content (AvgIpc) is 3.35. The first-order valence-corrected chi connectivity index (χ1v) is 9.82. The zero-order chi connectivity index (χ0) is 18.0. The highest BCUT2D eigenvalue weighted by Gasteiger charge is 2.18. The number of anilines is 1. The molecule has 0 amide bonds. The normalized spacial score (nSPS) is 14.4. The van der Waals surface area contributed by atoms with Crippen LogP contribution in [0.15, 0.2) is 66.9 Å². The summed E-state index contributed by atoms with van der Waals surface area (Å²) in [7, 11) is 0. The molecular weight excluding hydrogens is 457 g/mol. The van der Waals surface area contributed by atoms with Gasteiger partial charge < -0.3 is 28.9 Å².